The van der Waals surface area contributed by atoms with Gasteiger partial charge in [0.1, 0.15) is 16.5 Å². The first kappa shape index (κ1) is 19.9. The zero-order valence-electron chi connectivity index (χ0n) is 16.5. The van der Waals surface area contributed by atoms with Crippen LogP contribution < -0.4 is 14.8 Å². The molecule has 0 aliphatic carbocycles. The van der Waals surface area contributed by atoms with Gasteiger partial charge in [0.15, 0.2) is 0 Å². The number of aryl methyl sites for hydroxylation is 2. The molecule has 0 unspecified atom stereocenters. The van der Waals surface area contributed by atoms with Crippen LogP contribution in [-0.2, 0) is 13.0 Å². The van der Waals surface area contributed by atoms with E-state index in [0.29, 0.717) is 23.6 Å². The molecule has 2 aromatic carbocycles. The fraction of sp³-hybridized carbons (Fsp3) is 0.273. The number of nitrogens with one attached hydrogen (secondary N) is 1. The van der Waals surface area contributed by atoms with Crippen molar-refractivity contribution in [2.45, 2.75) is 26.8 Å². The Morgan fingerprint density at radius 3 is 2.29 bits per heavy atom. The van der Waals surface area contributed by atoms with Gasteiger partial charge in [-0.3, -0.25) is 4.79 Å². The summed E-state index contributed by atoms with van der Waals surface area (Å²) < 4.78 is 10.4. The fourth-order valence-corrected chi connectivity index (χ4v) is 3.86. The molecule has 28 heavy (non-hydrogen) atoms. The van der Waals surface area contributed by atoms with Gasteiger partial charge in [0.2, 0.25) is 0 Å². The minimum atomic E-state index is -0.190. The van der Waals surface area contributed by atoms with Gasteiger partial charge in [0.25, 0.3) is 5.91 Å². The Kier molecular flexibility index (Phi) is 6.31. The zero-order chi connectivity index (χ0) is 20.1. The fourth-order valence-electron chi connectivity index (χ4n) is 2.82. The Hall–Kier alpha value is -2.86. The average Bonchev–Trinajstić information content (AvgIpc) is 3.06. The first-order chi connectivity index (χ1) is 13.5. The van der Waals surface area contributed by atoms with E-state index < -0.39 is 0 Å². The number of amides is 1. The molecule has 0 radical (unpaired) electrons. The molecule has 0 atom stereocenters. The van der Waals surface area contributed by atoms with Crippen LogP contribution in [0, 0.1) is 13.8 Å². The van der Waals surface area contributed by atoms with E-state index in [9.17, 15) is 4.79 Å². The van der Waals surface area contributed by atoms with Gasteiger partial charge in [-0.1, -0.05) is 29.8 Å². The highest BCUT2D eigenvalue weighted by Crippen LogP contribution is 2.24. The first-order valence-corrected chi connectivity index (χ1v) is 9.82. The Morgan fingerprint density at radius 2 is 1.68 bits per heavy atom. The van der Waals surface area contributed by atoms with Gasteiger partial charge in [0, 0.05) is 22.9 Å². The Morgan fingerprint density at radius 1 is 1.04 bits per heavy atom. The van der Waals surface area contributed by atoms with Crippen molar-refractivity contribution in [1.82, 2.24) is 10.3 Å². The zero-order valence-corrected chi connectivity index (χ0v) is 17.4. The molecule has 3 aromatic rings. The molecule has 5 nitrogen and oxygen atoms in total. The number of carbonyl (C=O) groups is 1. The summed E-state index contributed by atoms with van der Waals surface area (Å²) in [6.45, 7) is 4.48. The van der Waals surface area contributed by atoms with Crippen LogP contribution in [0.3, 0.4) is 0 Å². The average molecular weight is 397 g/mol. The smallest absolute Gasteiger partial charge is 0.251 e. The molecule has 3 rings (SSSR count). The quantitative estimate of drug-likeness (QED) is 0.647. The normalized spacial score (nSPS) is 10.6. The molecule has 1 aromatic heterocycles. The molecule has 0 saturated heterocycles. The van der Waals surface area contributed by atoms with Gasteiger partial charge in [-0.25, -0.2) is 4.98 Å². The topological polar surface area (TPSA) is 60.5 Å². The Labute approximate surface area is 169 Å². The number of hydrogen-bond donors (Lipinski definition) is 1. The lowest BCUT2D eigenvalue weighted by atomic mass is 10.1. The van der Waals surface area contributed by atoms with Crippen LogP contribution in [0.15, 0.2) is 42.5 Å². The maximum atomic E-state index is 12.5. The summed E-state index contributed by atoms with van der Waals surface area (Å²) in [7, 11) is 3.12. The summed E-state index contributed by atoms with van der Waals surface area (Å²) in [5.41, 5.74) is 4.01. The van der Waals surface area contributed by atoms with Crippen molar-refractivity contribution in [1.29, 1.82) is 0 Å². The van der Waals surface area contributed by atoms with Gasteiger partial charge in [-0.15, -0.1) is 11.3 Å². The first-order valence-electron chi connectivity index (χ1n) is 9.00. The second-order valence-electron chi connectivity index (χ2n) is 6.56. The van der Waals surface area contributed by atoms with E-state index in [4.69, 9.17) is 9.47 Å². The second kappa shape index (κ2) is 8.89. The Balaban J connectivity index is 1.66. The van der Waals surface area contributed by atoms with E-state index in [0.717, 1.165) is 17.1 Å². The minimum Gasteiger partial charge on any atom is -0.497 e. The molecule has 146 valence electrons. The van der Waals surface area contributed by atoms with Gasteiger partial charge < -0.3 is 14.8 Å². The summed E-state index contributed by atoms with van der Waals surface area (Å²) >= 11 is 1.64. The molecular formula is C22H24N2O3S. The molecule has 0 fully saturated rings. The van der Waals surface area contributed by atoms with Gasteiger partial charge in [-0.05, 0) is 31.5 Å². The van der Waals surface area contributed by atoms with Crippen LogP contribution in [0.1, 0.15) is 37.1 Å². The third-order valence-electron chi connectivity index (χ3n) is 4.44. The van der Waals surface area contributed by atoms with Crippen LogP contribution in [0.25, 0.3) is 0 Å². The van der Waals surface area contributed by atoms with Crippen molar-refractivity contribution in [3.63, 3.8) is 0 Å². The number of methoxy groups -OCH3 is 2. The highest BCUT2D eigenvalue weighted by atomic mass is 32.1. The molecule has 0 aliphatic rings. The molecule has 6 heteroatoms. The van der Waals surface area contributed by atoms with Crippen molar-refractivity contribution >= 4 is 17.2 Å². The number of rotatable bonds is 7. The summed E-state index contributed by atoms with van der Waals surface area (Å²) in [4.78, 5) is 18.4. The lowest BCUT2D eigenvalue weighted by molar-refractivity contribution is 0.0950. The Bertz CT molecular complexity index is 942. The van der Waals surface area contributed by atoms with Crippen molar-refractivity contribution in [2.75, 3.05) is 14.2 Å². The predicted molar refractivity (Wildman–Crippen MR) is 112 cm³/mol. The van der Waals surface area contributed by atoms with E-state index in [2.05, 4.69) is 41.5 Å². The predicted octanol–water partition coefficient (Wildman–Crippen LogP) is 4.30. The van der Waals surface area contributed by atoms with E-state index in [1.165, 1.54) is 16.0 Å². The lowest BCUT2D eigenvalue weighted by Gasteiger charge is -2.08. The number of carbonyl (C=O) groups excluding carboxylic acids is 1. The van der Waals surface area contributed by atoms with E-state index in [1.54, 1.807) is 43.8 Å². The number of hydrogen-bond acceptors (Lipinski definition) is 5. The minimum absolute atomic E-state index is 0.190. The standard InChI is InChI=1S/C22H24N2O3S/c1-14-5-7-16(8-6-14)9-20-15(2)24-21(28-20)13-23-22(25)17-10-18(26-3)12-19(11-17)27-4/h5-8,10-12H,9,13H2,1-4H3,(H,23,25). The van der Waals surface area contributed by atoms with E-state index in [-0.39, 0.29) is 5.91 Å². The highest BCUT2D eigenvalue weighted by Gasteiger charge is 2.12. The van der Waals surface area contributed by atoms with Crippen LogP contribution in [0.4, 0.5) is 0 Å². The maximum Gasteiger partial charge on any atom is 0.251 e. The third-order valence-corrected chi connectivity index (χ3v) is 5.59. The largest absolute Gasteiger partial charge is 0.497 e. The van der Waals surface area contributed by atoms with Crippen molar-refractivity contribution < 1.29 is 14.3 Å². The number of thiazole rings is 1. The molecule has 0 bridgehead atoms. The summed E-state index contributed by atoms with van der Waals surface area (Å²) in [5, 5.41) is 3.82. The number of nitrogens with zero attached hydrogens (tertiary/aromatic N) is 1. The molecule has 1 amide bonds. The maximum absolute atomic E-state index is 12.5. The summed E-state index contributed by atoms with van der Waals surface area (Å²) in [6, 6.07) is 13.6. The number of ether oxygens (including phenoxy) is 2. The number of aromatic nitrogens is 1. The number of benzene rings is 2. The molecular weight excluding hydrogens is 372 g/mol. The van der Waals surface area contributed by atoms with E-state index in [1.807, 2.05) is 6.92 Å². The van der Waals surface area contributed by atoms with Crippen LogP contribution in [0.2, 0.25) is 0 Å². The molecule has 1 heterocycles. The summed E-state index contributed by atoms with van der Waals surface area (Å²) in [5.74, 6) is 0.968. The van der Waals surface area contributed by atoms with Gasteiger partial charge in [-0.2, -0.15) is 0 Å². The molecule has 0 aliphatic heterocycles. The monoisotopic (exact) mass is 396 g/mol. The van der Waals surface area contributed by atoms with Gasteiger partial charge in [0.05, 0.1) is 26.5 Å². The second-order valence-corrected chi connectivity index (χ2v) is 7.73. The SMILES string of the molecule is COc1cc(OC)cc(C(=O)NCc2nc(C)c(Cc3ccc(C)cc3)s2)c1. The van der Waals surface area contributed by atoms with Crippen molar-refractivity contribution in [2.24, 2.45) is 0 Å². The third kappa shape index (κ3) is 4.89. The highest BCUT2D eigenvalue weighted by molar-refractivity contribution is 7.11. The van der Waals surface area contributed by atoms with Crippen LogP contribution >= 0.6 is 11.3 Å². The molecule has 0 spiro atoms. The van der Waals surface area contributed by atoms with Crippen LogP contribution in [0.5, 0.6) is 11.5 Å². The molecule has 0 saturated carbocycles. The van der Waals surface area contributed by atoms with Crippen molar-refractivity contribution in [3.05, 3.63) is 74.7 Å². The molecule has 1 N–H and O–H groups in total. The van der Waals surface area contributed by atoms with E-state index >= 15 is 0 Å². The van der Waals surface area contributed by atoms with Crippen molar-refractivity contribution in [3.8, 4) is 11.5 Å². The summed E-state index contributed by atoms with van der Waals surface area (Å²) in [6.07, 6.45) is 0.852. The van der Waals surface area contributed by atoms with Crippen LogP contribution in [-0.4, -0.2) is 25.1 Å². The lowest BCUT2D eigenvalue weighted by Crippen LogP contribution is -2.22. The van der Waals surface area contributed by atoms with Gasteiger partial charge >= 0.3 is 0 Å².